The second kappa shape index (κ2) is 7.75. The van der Waals surface area contributed by atoms with Crippen LogP contribution < -0.4 is 10.6 Å². The van der Waals surface area contributed by atoms with E-state index < -0.39 is 11.8 Å². The van der Waals surface area contributed by atoms with Crippen molar-refractivity contribution in [3.63, 3.8) is 0 Å². The number of carboxylic acid groups (broad SMARTS) is 1. The molecule has 3 rings (SSSR count). The summed E-state index contributed by atoms with van der Waals surface area (Å²) in [6, 6.07) is 11.0. The van der Waals surface area contributed by atoms with Crippen molar-refractivity contribution >= 4 is 35.0 Å². The summed E-state index contributed by atoms with van der Waals surface area (Å²) in [4.78, 5) is 23.4. The molecule has 2 heterocycles. The van der Waals surface area contributed by atoms with Gasteiger partial charge in [-0.1, -0.05) is 17.7 Å². The van der Waals surface area contributed by atoms with Crippen molar-refractivity contribution < 1.29 is 14.3 Å². The number of benzene rings is 1. The Morgan fingerprint density at radius 2 is 2.00 bits per heavy atom. The van der Waals surface area contributed by atoms with Gasteiger partial charge in [0.05, 0.1) is 17.1 Å². The van der Waals surface area contributed by atoms with Crippen LogP contribution in [0, 0.1) is 5.82 Å². The molecule has 3 aromatic rings. The molecule has 1 aromatic carbocycles. The first-order valence-corrected chi connectivity index (χ1v) is 7.87. The standard InChI is InChI=1S/C17H13ClFN5O2/c18-10-4-5-11(19)13(7-10)22-15-8-14(12-3-1-2-6-20-12)23-17(24-15)21-9-16(25)26/h1-8H,9H2,(H,25,26)(H2,21,22,23,24). The summed E-state index contributed by atoms with van der Waals surface area (Å²) in [6.45, 7) is -0.364. The highest BCUT2D eigenvalue weighted by Crippen LogP contribution is 2.25. The molecule has 0 saturated carbocycles. The van der Waals surface area contributed by atoms with Crippen LogP contribution in [0.3, 0.4) is 0 Å². The Hall–Kier alpha value is -3.26. The van der Waals surface area contributed by atoms with Gasteiger partial charge < -0.3 is 15.7 Å². The summed E-state index contributed by atoms with van der Waals surface area (Å²) in [5.74, 6) is -1.24. The van der Waals surface area contributed by atoms with Crippen molar-refractivity contribution in [3.05, 3.63) is 59.5 Å². The molecule has 9 heteroatoms. The Kier molecular flexibility index (Phi) is 5.23. The van der Waals surface area contributed by atoms with Crippen molar-refractivity contribution in [3.8, 4) is 11.4 Å². The van der Waals surface area contributed by atoms with E-state index in [4.69, 9.17) is 16.7 Å². The van der Waals surface area contributed by atoms with Gasteiger partial charge in [0.1, 0.15) is 18.2 Å². The highest BCUT2D eigenvalue weighted by molar-refractivity contribution is 6.30. The summed E-state index contributed by atoms with van der Waals surface area (Å²) in [7, 11) is 0. The van der Waals surface area contributed by atoms with Crippen molar-refractivity contribution in [2.24, 2.45) is 0 Å². The Morgan fingerprint density at radius 1 is 1.15 bits per heavy atom. The van der Waals surface area contributed by atoms with Gasteiger partial charge in [0.2, 0.25) is 5.95 Å². The van der Waals surface area contributed by atoms with Gasteiger partial charge in [-0.15, -0.1) is 0 Å². The van der Waals surface area contributed by atoms with Crippen LogP contribution in [0.2, 0.25) is 5.02 Å². The monoisotopic (exact) mass is 373 g/mol. The molecule has 0 amide bonds. The Labute approximate surface area is 152 Å². The summed E-state index contributed by atoms with van der Waals surface area (Å²) >= 11 is 5.90. The van der Waals surface area contributed by atoms with Crippen LogP contribution >= 0.6 is 11.6 Å². The maximum absolute atomic E-state index is 14.0. The molecule has 0 aliphatic heterocycles. The lowest BCUT2D eigenvalue weighted by molar-refractivity contribution is -0.134. The average molecular weight is 374 g/mol. The quantitative estimate of drug-likeness (QED) is 0.607. The van der Waals surface area contributed by atoms with Crippen LogP contribution in [0.1, 0.15) is 0 Å². The summed E-state index contributed by atoms with van der Waals surface area (Å²) < 4.78 is 14.0. The fraction of sp³-hybridized carbons (Fsp3) is 0.0588. The van der Waals surface area contributed by atoms with Crippen LogP contribution in [-0.4, -0.2) is 32.6 Å². The minimum Gasteiger partial charge on any atom is -0.480 e. The molecule has 3 N–H and O–H groups in total. The maximum Gasteiger partial charge on any atom is 0.322 e. The number of anilines is 3. The van der Waals surface area contributed by atoms with Crippen molar-refractivity contribution in [1.82, 2.24) is 15.0 Å². The summed E-state index contributed by atoms with van der Waals surface area (Å²) in [5, 5.41) is 14.6. The fourth-order valence-electron chi connectivity index (χ4n) is 2.12. The predicted molar refractivity (Wildman–Crippen MR) is 96.1 cm³/mol. The van der Waals surface area contributed by atoms with Crippen LogP contribution in [-0.2, 0) is 4.79 Å². The number of aliphatic carboxylic acids is 1. The van der Waals surface area contributed by atoms with Crippen molar-refractivity contribution in [1.29, 1.82) is 0 Å². The van der Waals surface area contributed by atoms with E-state index in [2.05, 4.69) is 25.6 Å². The number of halogens is 2. The number of pyridine rings is 1. The molecular formula is C17H13ClFN5O2. The number of nitrogens with one attached hydrogen (secondary N) is 2. The first-order chi connectivity index (χ1) is 12.5. The lowest BCUT2D eigenvalue weighted by Gasteiger charge is -2.11. The SMILES string of the molecule is O=C(O)CNc1nc(Nc2cc(Cl)ccc2F)cc(-c2ccccn2)n1. The van der Waals surface area contributed by atoms with Crippen molar-refractivity contribution in [2.75, 3.05) is 17.2 Å². The van der Waals surface area contributed by atoms with Gasteiger partial charge in [-0.25, -0.2) is 9.37 Å². The van der Waals surface area contributed by atoms with E-state index in [0.717, 1.165) is 0 Å². The molecule has 2 aromatic heterocycles. The zero-order chi connectivity index (χ0) is 18.5. The summed E-state index contributed by atoms with van der Waals surface area (Å²) in [6.07, 6.45) is 1.60. The van der Waals surface area contributed by atoms with Crippen LogP contribution in [0.4, 0.5) is 21.8 Å². The van der Waals surface area contributed by atoms with Crippen molar-refractivity contribution in [2.45, 2.75) is 0 Å². The number of rotatable bonds is 6. The minimum atomic E-state index is -1.06. The highest BCUT2D eigenvalue weighted by Gasteiger charge is 2.11. The van der Waals surface area contributed by atoms with Gasteiger partial charge in [0, 0.05) is 17.3 Å². The normalized spacial score (nSPS) is 10.4. The predicted octanol–water partition coefficient (Wildman–Crippen LogP) is 3.57. The zero-order valence-corrected chi connectivity index (χ0v) is 14.0. The topological polar surface area (TPSA) is 100 Å². The van der Waals surface area contributed by atoms with Crippen LogP contribution in [0.15, 0.2) is 48.7 Å². The third-order valence-corrected chi connectivity index (χ3v) is 3.48. The number of carbonyl (C=O) groups is 1. The Morgan fingerprint density at radius 3 is 2.73 bits per heavy atom. The molecule has 0 radical (unpaired) electrons. The number of carboxylic acids is 1. The lowest BCUT2D eigenvalue weighted by Crippen LogP contribution is -2.15. The first kappa shape index (κ1) is 17.6. The number of hydrogen-bond donors (Lipinski definition) is 3. The molecule has 7 nitrogen and oxygen atoms in total. The first-order valence-electron chi connectivity index (χ1n) is 7.49. The second-order valence-electron chi connectivity index (χ2n) is 5.17. The third-order valence-electron chi connectivity index (χ3n) is 3.24. The lowest BCUT2D eigenvalue weighted by atomic mass is 10.2. The largest absolute Gasteiger partial charge is 0.480 e. The highest BCUT2D eigenvalue weighted by atomic mass is 35.5. The van der Waals surface area contributed by atoms with Gasteiger partial charge in [-0.05, 0) is 30.3 Å². The molecule has 0 bridgehead atoms. The van der Waals surface area contributed by atoms with E-state index in [1.165, 1.54) is 18.2 Å². The fourth-order valence-corrected chi connectivity index (χ4v) is 2.29. The van der Waals surface area contributed by atoms with E-state index in [9.17, 15) is 9.18 Å². The zero-order valence-electron chi connectivity index (χ0n) is 13.3. The number of hydrogen-bond acceptors (Lipinski definition) is 6. The van der Waals surface area contributed by atoms with Gasteiger partial charge in [0.15, 0.2) is 0 Å². The number of aromatic nitrogens is 3. The Bertz CT molecular complexity index is 940. The average Bonchev–Trinajstić information content (AvgIpc) is 2.63. The molecule has 0 aliphatic carbocycles. The molecule has 0 spiro atoms. The molecule has 0 fully saturated rings. The third kappa shape index (κ3) is 4.42. The molecule has 0 atom stereocenters. The van der Waals surface area contributed by atoms with Gasteiger partial charge in [0.25, 0.3) is 0 Å². The molecule has 0 saturated heterocycles. The number of nitrogens with zero attached hydrogens (tertiary/aromatic N) is 3. The summed E-state index contributed by atoms with van der Waals surface area (Å²) in [5.41, 5.74) is 1.13. The van der Waals surface area contributed by atoms with E-state index in [0.29, 0.717) is 16.4 Å². The van der Waals surface area contributed by atoms with Crippen LogP contribution in [0.25, 0.3) is 11.4 Å². The second-order valence-corrected chi connectivity index (χ2v) is 5.61. The molecular weight excluding hydrogens is 361 g/mol. The smallest absolute Gasteiger partial charge is 0.322 e. The van der Waals surface area contributed by atoms with E-state index in [-0.39, 0.29) is 24.0 Å². The molecule has 26 heavy (non-hydrogen) atoms. The van der Waals surface area contributed by atoms with Gasteiger partial charge >= 0.3 is 5.97 Å². The van der Waals surface area contributed by atoms with Gasteiger partial charge in [-0.2, -0.15) is 4.98 Å². The minimum absolute atomic E-state index is 0.0699. The van der Waals surface area contributed by atoms with E-state index in [1.54, 1.807) is 30.5 Å². The van der Waals surface area contributed by atoms with E-state index in [1.807, 2.05) is 0 Å². The molecule has 0 aliphatic rings. The maximum atomic E-state index is 14.0. The Balaban J connectivity index is 1.98. The molecule has 0 unspecified atom stereocenters. The van der Waals surface area contributed by atoms with Gasteiger partial charge in [-0.3, -0.25) is 9.78 Å². The van der Waals surface area contributed by atoms with E-state index >= 15 is 0 Å². The van der Waals surface area contributed by atoms with Crippen LogP contribution in [0.5, 0.6) is 0 Å². The molecule has 132 valence electrons.